The first-order chi connectivity index (χ1) is 14.5. The molecule has 0 saturated heterocycles. The monoisotopic (exact) mass is 397 g/mol. The summed E-state index contributed by atoms with van der Waals surface area (Å²) >= 11 is 0. The van der Waals surface area contributed by atoms with E-state index in [-0.39, 0.29) is 0 Å². The van der Waals surface area contributed by atoms with Crippen molar-refractivity contribution in [1.29, 1.82) is 5.26 Å². The molecule has 152 valence electrons. The molecule has 2 aromatic heterocycles. The number of pyridine rings is 1. The van der Waals surface area contributed by atoms with Crippen LogP contribution in [0.5, 0.6) is 0 Å². The van der Waals surface area contributed by atoms with Crippen molar-refractivity contribution in [3.63, 3.8) is 0 Å². The average molecular weight is 398 g/mol. The summed E-state index contributed by atoms with van der Waals surface area (Å²) in [4.78, 5) is 7.00. The van der Waals surface area contributed by atoms with Gasteiger partial charge in [-0.05, 0) is 75.3 Å². The topological polar surface area (TPSA) is 57.7 Å². The molecule has 0 fully saturated rings. The Labute approximate surface area is 177 Å². The van der Waals surface area contributed by atoms with Crippen molar-refractivity contribution in [2.45, 2.75) is 26.2 Å². The highest BCUT2D eigenvalue weighted by Crippen LogP contribution is 2.34. The van der Waals surface area contributed by atoms with E-state index in [9.17, 15) is 0 Å². The molecule has 4 rings (SSSR count). The summed E-state index contributed by atoms with van der Waals surface area (Å²) < 4.78 is 1.89. The molecule has 0 radical (unpaired) electrons. The molecule has 5 heteroatoms. The van der Waals surface area contributed by atoms with Crippen molar-refractivity contribution >= 4 is 21.8 Å². The zero-order chi connectivity index (χ0) is 21.3. The maximum atomic E-state index is 9.11. The quantitative estimate of drug-likeness (QED) is 0.472. The van der Waals surface area contributed by atoms with Gasteiger partial charge in [0, 0.05) is 23.4 Å². The van der Waals surface area contributed by atoms with Crippen molar-refractivity contribution in [2.24, 2.45) is 7.05 Å². The smallest absolute Gasteiger partial charge is 0.101 e. The molecule has 2 aromatic carbocycles. The van der Waals surface area contributed by atoms with E-state index in [0.717, 1.165) is 58.9 Å². The molecular formula is C25H27N5. The number of rotatable bonds is 6. The Kier molecular flexibility index (Phi) is 5.52. The largest absolute Gasteiger partial charge is 0.309 e. The Morgan fingerprint density at radius 1 is 1.10 bits per heavy atom. The summed E-state index contributed by atoms with van der Waals surface area (Å²) in [6, 6.07) is 14.4. The molecule has 0 amide bonds. The molecule has 0 spiro atoms. The fourth-order valence-corrected chi connectivity index (χ4v) is 4.12. The predicted molar refractivity (Wildman–Crippen MR) is 122 cm³/mol. The lowest BCUT2D eigenvalue weighted by Crippen LogP contribution is -2.13. The molecule has 0 N–H and O–H groups in total. The summed E-state index contributed by atoms with van der Waals surface area (Å²) in [7, 11) is 6.19. The molecule has 0 atom stereocenters. The maximum Gasteiger partial charge on any atom is 0.101 e. The predicted octanol–water partition coefficient (Wildman–Crippen LogP) is 4.72. The Morgan fingerprint density at radius 3 is 2.53 bits per heavy atom. The number of hydrogen-bond acceptors (Lipinski definition) is 4. The molecule has 2 heterocycles. The summed E-state index contributed by atoms with van der Waals surface area (Å²) in [6.45, 7) is 3.30. The maximum absolute atomic E-state index is 9.11. The molecule has 0 aliphatic carbocycles. The summed E-state index contributed by atoms with van der Waals surface area (Å²) in [5.74, 6) is 0. The highest BCUT2D eigenvalue weighted by Gasteiger charge is 2.16. The van der Waals surface area contributed by atoms with E-state index in [0.29, 0.717) is 5.56 Å². The first kappa shape index (κ1) is 20.1. The lowest BCUT2D eigenvalue weighted by Gasteiger charge is -2.13. The minimum Gasteiger partial charge on any atom is -0.309 e. The van der Waals surface area contributed by atoms with Crippen LogP contribution in [0.4, 0.5) is 0 Å². The van der Waals surface area contributed by atoms with Gasteiger partial charge in [0.2, 0.25) is 0 Å². The van der Waals surface area contributed by atoms with Gasteiger partial charge in [-0.3, -0.25) is 9.67 Å². The lowest BCUT2D eigenvalue weighted by atomic mass is 9.95. The standard InChI is InChI=1S/C25H27N5/c1-5-18-13-21-22(14-20(18)7-6-12-29(2)3)27-16-23-24(21)25(28-30(23)4)19-10-8-17(15-26)9-11-19/h8-11,13-14,16H,5-7,12H2,1-4H3. The van der Waals surface area contributed by atoms with Gasteiger partial charge in [-0.2, -0.15) is 10.4 Å². The number of hydrogen-bond donors (Lipinski definition) is 0. The van der Waals surface area contributed by atoms with E-state index in [1.54, 1.807) is 0 Å². The number of nitriles is 1. The summed E-state index contributed by atoms with van der Waals surface area (Å²) in [5, 5.41) is 16.2. The normalized spacial score (nSPS) is 11.5. The number of fused-ring (bicyclic) bond motifs is 3. The van der Waals surface area contributed by atoms with Crippen molar-refractivity contribution in [2.75, 3.05) is 20.6 Å². The van der Waals surface area contributed by atoms with Crippen molar-refractivity contribution < 1.29 is 0 Å². The second kappa shape index (κ2) is 8.25. The van der Waals surface area contributed by atoms with Crippen LogP contribution in [0.15, 0.2) is 42.6 Å². The van der Waals surface area contributed by atoms with Crippen molar-refractivity contribution in [1.82, 2.24) is 19.7 Å². The fourth-order valence-electron chi connectivity index (χ4n) is 4.12. The van der Waals surface area contributed by atoms with Crippen molar-refractivity contribution in [3.8, 4) is 17.3 Å². The molecule has 0 aliphatic heterocycles. The molecule has 0 unspecified atom stereocenters. The molecular weight excluding hydrogens is 370 g/mol. The number of benzene rings is 2. The van der Waals surface area contributed by atoms with E-state index in [2.05, 4.69) is 44.1 Å². The van der Waals surface area contributed by atoms with E-state index in [1.807, 2.05) is 42.2 Å². The second-order valence-electron chi connectivity index (χ2n) is 8.08. The van der Waals surface area contributed by atoms with Crippen LogP contribution < -0.4 is 0 Å². The minimum atomic E-state index is 0.654. The third kappa shape index (κ3) is 3.67. The van der Waals surface area contributed by atoms with Gasteiger partial charge in [-0.25, -0.2) is 0 Å². The van der Waals surface area contributed by atoms with Crippen molar-refractivity contribution in [3.05, 3.63) is 59.3 Å². The van der Waals surface area contributed by atoms with Gasteiger partial charge >= 0.3 is 0 Å². The van der Waals surface area contributed by atoms with E-state index >= 15 is 0 Å². The van der Waals surface area contributed by atoms with Crippen LogP contribution >= 0.6 is 0 Å². The van der Waals surface area contributed by atoms with E-state index < -0.39 is 0 Å². The molecule has 0 saturated carbocycles. The van der Waals surface area contributed by atoms with E-state index in [1.165, 1.54) is 11.1 Å². The summed E-state index contributed by atoms with van der Waals surface area (Å²) in [5.41, 5.74) is 7.41. The Morgan fingerprint density at radius 2 is 1.87 bits per heavy atom. The first-order valence-corrected chi connectivity index (χ1v) is 10.4. The summed E-state index contributed by atoms with van der Waals surface area (Å²) in [6.07, 6.45) is 5.12. The van der Waals surface area contributed by atoms with Crippen LogP contribution in [0.2, 0.25) is 0 Å². The second-order valence-corrected chi connectivity index (χ2v) is 8.08. The van der Waals surface area contributed by atoms with Gasteiger partial charge in [0.15, 0.2) is 0 Å². The number of aryl methyl sites for hydroxylation is 3. The zero-order valence-corrected chi connectivity index (χ0v) is 18.1. The van der Waals surface area contributed by atoms with Gasteiger partial charge in [0.1, 0.15) is 5.69 Å². The van der Waals surface area contributed by atoms with Crippen LogP contribution in [0.25, 0.3) is 33.1 Å². The Hall–Kier alpha value is -3.23. The fraction of sp³-hybridized carbons (Fsp3) is 0.320. The Balaban J connectivity index is 1.88. The molecule has 0 bridgehead atoms. The molecule has 0 aliphatic rings. The third-order valence-electron chi connectivity index (χ3n) is 5.72. The minimum absolute atomic E-state index is 0.654. The lowest BCUT2D eigenvalue weighted by molar-refractivity contribution is 0.400. The first-order valence-electron chi connectivity index (χ1n) is 10.4. The number of nitrogens with zero attached hydrogens (tertiary/aromatic N) is 5. The zero-order valence-electron chi connectivity index (χ0n) is 18.1. The molecule has 4 aromatic rings. The van der Waals surface area contributed by atoms with Gasteiger partial charge in [0.05, 0.1) is 28.9 Å². The highest BCUT2D eigenvalue weighted by atomic mass is 15.3. The SMILES string of the molecule is CCc1cc2c(cc1CCCN(C)C)ncc1c2c(-c2ccc(C#N)cc2)nn1C. The van der Waals surface area contributed by atoms with Gasteiger partial charge < -0.3 is 4.90 Å². The average Bonchev–Trinajstić information content (AvgIpc) is 3.10. The van der Waals surface area contributed by atoms with Gasteiger partial charge in [0.25, 0.3) is 0 Å². The van der Waals surface area contributed by atoms with Gasteiger partial charge in [-0.15, -0.1) is 0 Å². The van der Waals surface area contributed by atoms with Crippen LogP contribution in [-0.2, 0) is 19.9 Å². The number of aromatic nitrogens is 3. The molecule has 30 heavy (non-hydrogen) atoms. The van der Waals surface area contributed by atoms with Crippen LogP contribution in [0.3, 0.4) is 0 Å². The van der Waals surface area contributed by atoms with Crippen LogP contribution in [-0.4, -0.2) is 40.3 Å². The van der Waals surface area contributed by atoms with Gasteiger partial charge in [-0.1, -0.05) is 19.1 Å². The van der Waals surface area contributed by atoms with E-state index in [4.69, 9.17) is 15.3 Å². The van der Waals surface area contributed by atoms with Crippen LogP contribution in [0, 0.1) is 11.3 Å². The highest BCUT2D eigenvalue weighted by molar-refractivity contribution is 6.11. The molecule has 5 nitrogen and oxygen atoms in total. The Bertz CT molecular complexity index is 1240. The van der Waals surface area contributed by atoms with Crippen LogP contribution in [0.1, 0.15) is 30.0 Å². The third-order valence-corrected chi connectivity index (χ3v) is 5.72.